The molecule has 0 aliphatic carbocycles. The Morgan fingerprint density at radius 2 is 1.80 bits per heavy atom. The van der Waals surface area contributed by atoms with Gasteiger partial charge in [0.2, 0.25) is 11.8 Å². The van der Waals surface area contributed by atoms with E-state index in [0.29, 0.717) is 0 Å². The largest absolute Gasteiger partial charge is 0.497 e. The van der Waals surface area contributed by atoms with Gasteiger partial charge in [-0.25, -0.2) is 0 Å². The molecule has 1 aromatic rings. The maximum absolute atomic E-state index is 12.1. The van der Waals surface area contributed by atoms with Gasteiger partial charge in [-0.3, -0.25) is 9.59 Å². The zero-order valence-corrected chi connectivity index (χ0v) is 15.7. The van der Waals surface area contributed by atoms with Gasteiger partial charge in [0.1, 0.15) is 11.8 Å². The molecule has 5 heteroatoms. The SMILES string of the molecule is CCCCCC(C)NC(=O)C(C)NC(=O)C=Cc1ccc(OC)cc1. The van der Waals surface area contributed by atoms with Crippen LogP contribution >= 0.6 is 0 Å². The molecular formula is C20H30N2O3. The summed E-state index contributed by atoms with van der Waals surface area (Å²) >= 11 is 0. The Morgan fingerprint density at radius 3 is 2.40 bits per heavy atom. The van der Waals surface area contributed by atoms with Crippen LogP contribution in [0.1, 0.15) is 52.0 Å². The summed E-state index contributed by atoms with van der Waals surface area (Å²) in [6.07, 6.45) is 7.51. The molecule has 0 aromatic heterocycles. The maximum Gasteiger partial charge on any atom is 0.244 e. The van der Waals surface area contributed by atoms with Crippen LogP contribution in [0.2, 0.25) is 0 Å². The molecule has 2 amide bonds. The highest BCUT2D eigenvalue weighted by molar-refractivity contribution is 5.95. The third-order valence-corrected chi connectivity index (χ3v) is 3.92. The molecule has 0 saturated heterocycles. The van der Waals surface area contributed by atoms with E-state index in [2.05, 4.69) is 17.6 Å². The van der Waals surface area contributed by atoms with Gasteiger partial charge in [-0.05, 0) is 44.0 Å². The van der Waals surface area contributed by atoms with E-state index in [0.717, 1.165) is 30.6 Å². The minimum Gasteiger partial charge on any atom is -0.497 e. The highest BCUT2D eigenvalue weighted by Crippen LogP contribution is 2.12. The van der Waals surface area contributed by atoms with Crippen molar-refractivity contribution in [1.82, 2.24) is 10.6 Å². The van der Waals surface area contributed by atoms with Crippen molar-refractivity contribution in [3.63, 3.8) is 0 Å². The van der Waals surface area contributed by atoms with Gasteiger partial charge in [0.05, 0.1) is 7.11 Å². The van der Waals surface area contributed by atoms with Crippen molar-refractivity contribution in [3.8, 4) is 5.75 Å². The fourth-order valence-corrected chi connectivity index (χ4v) is 2.35. The summed E-state index contributed by atoms with van der Waals surface area (Å²) in [5, 5.41) is 5.62. The molecule has 2 N–H and O–H groups in total. The summed E-state index contributed by atoms with van der Waals surface area (Å²) < 4.78 is 5.09. The third-order valence-electron chi connectivity index (χ3n) is 3.92. The lowest BCUT2D eigenvalue weighted by Gasteiger charge is -2.18. The Morgan fingerprint density at radius 1 is 1.12 bits per heavy atom. The quantitative estimate of drug-likeness (QED) is 0.504. The number of rotatable bonds is 10. The highest BCUT2D eigenvalue weighted by Gasteiger charge is 2.16. The topological polar surface area (TPSA) is 67.4 Å². The summed E-state index contributed by atoms with van der Waals surface area (Å²) in [7, 11) is 1.61. The Labute approximate surface area is 150 Å². The monoisotopic (exact) mass is 346 g/mol. The van der Waals surface area contributed by atoms with Crippen LogP contribution in [0.4, 0.5) is 0 Å². The Balaban J connectivity index is 2.41. The smallest absolute Gasteiger partial charge is 0.244 e. The van der Waals surface area contributed by atoms with Crippen molar-refractivity contribution in [2.45, 2.75) is 58.5 Å². The van der Waals surface area contributed by atoms with E-state index in [1.165, 1.54) is 12.5 Å². The lowest BCUT2D eigenvalue weighted by Crippen LogP contribution is -2.47. The number of hydrogen-bond donors (Lipinski definition) is 2. The average molecular weight is 346 g/mol. The predicted molar refractivity (Wildman–Crippen MR) is 101 cm³/mol. The van der Waals surface area contributed by atoms with Crippen LogP contribution in [0.3, 0.4) is 0 Å². The number of carbonyl (C=O) groups excluding carboxylic acids is 2. The van der Waals surface area contributed by atoms with Crippen molar-refractivity contribution in [1.29, 1.82) is 0 Å². The summed E-state index contributed by atoms with van der Waals surface area (Å²) in [6, 6.07) is 6.92. The first-order chi connectivity index (χ1) is 12.0. The van der Waals surface area contributed by atoms with E-state index in [9.17, 15) is 9.59 Å². The number of ether oxygens (including phenoxy) is 1. The van der Waals surface area contributed by atoms with Gasteiger partial charge in [0.25, 0.3) is 0 Å². The normalized spacial score (nSPS) is 13.3. The second kappa shape index (κ2) is 11.3. The third kappa shape index (κ3) is 8.38. The van der Waals surface area contributed by atoms with Crippen molar-refractivity contribution < 1.29 is 14.3 Å². The molecule has 138 valence electrons. The van der Waals surface area contributed by atoms with Crippen molar-refractivity contribution in [3.05, 3.63) is 35.9 Å². The molecule has 2 unspecified atom stereocenters. The lowest BCUT2D eigenvalue weighted by atomic mass is 10.1. The minimum absolute atomic E-state index is 0.119. The van der Waals surface area contributed by atoms with Gasteiger partial charge < -0.3 is 15.4 Å². The molecule has 0 saturated carbocycles. The molecule has 5 nitrogen and oxygen atoms in total. The number of methoxy groups -OCH3 is 1. The number of hydrogen-bond acceptors (Lipinski definition) is 3. The van der Waals surface area contributed by atoms with E-state index in [-0.39, 0.29) is 17.9 Å². The summed E-state index contributed by atoms with van der Waals surface area (Å²) in [5.41, 5.74) is 0.887. The molecule has 1 rings (SSSR count). The standard InChI is InChI=1S/C20H30N2O3/c1-5-6-7-8-15(2)21-20(24)16(3)22-19(23)14-11-17-9-12-18(25-4)13-10-17/h9-16H,5-8H2,1-4H3,(H,21,24)(H,22,23). The summed E-state index contributed by atoms with van der Waals surface area (Å²) in [5.74, 6) is 0.312. The molecule has 0 heterocycles. The molecule has 0 fully saturated rings. The molecule has 25 heavy (non-hydrogen) atoms. The van der Waals surface area contributed by atoms with E-state index < -0.39 is 6.04 Å². The van der Waals surface area contributed by atoms with Gasteiger partial charge in [-0.2, -0.15) is 0 Å². The Bertz CT molecular complexity index is 567. The van der Waals surface area contributed by atoms with Gasteiger partial charge in [0.15, 0.2) is 0 Å². The first kappa shape index (κ1) is 20.7. The van der Waals surface area contributed by atoms with Crippen LogP contribution in [0.15, 0.2) is 30.3 Å². The van der Waals surface area contributed by atoms with Crippen LogP contribution in [-0.2, 0) is 9.59 Å². The van der Waals surface area contributed by atoms with Crippen LogP contribution in [0, 0.1) is 0 Å². The molecule has 0 aliphatic rings. The Kier molecular flexibility index (Phi) is 9.37. The molecular weight excluding hydrogens is 316 g/mol. The second-order valence-corrected chi connectivity index (χ2v) is 6.24. The van der Waals surface area contributed by atoms with Gasteiger partial charge in [-0.1, -0.05) is 38.3 Å². The van der Waals surface area contributed by atoms with Crippen molar-refractivity contribution in [2.75, 3.05) is 7.11 Å². The first-order valence-electron chi connectivity index (χ1n) is 8.89. The predicted octanol–water partition coefficient (Wildman–Crippen LogP) is 3.30. The number of unbranched alkanes of at least 4 members (excludes halogenated alkanes) is 2. The number of carbonyl (C=O) groups is 2. The highest BCUT2D eigenvalue weighted by atomic mass is 16.5. The average Bonchev–Trinajstić information content (AvgIpc) is 2.60. The number of benzene rings is 1. The van der Waals surface area contributed by atoms with Crippen molar-refractivity contribution in [2.24, 2.45) is 0 Å². The summed E-state index contributed by atoms with van der Waals surface area (Å²) in [6.45, 7) is 5.83. The van der Waals surface area contributed by atoms with Crippen LogP contribution in [0.25, 0.3) is 6.08 Å². The lowest BCUT2D eigenvalue weighted by molar-refractivity contribution is -0.127. The van der Waals surface area contributed by atoms with E-state index >= 15 is 0 Å². The van der Waals surface area contributed by atoms with Crippen LogP contribution in [0.5, 0.6) is 5.75 Å². The fourth-order valence-electron chi connectivity index (χ4n) is 2.35. The van der Waals surface area contributed by atoms with E-state index in [1.807, 2.05) is 31.2 Å². The van der Waals surface area contributed by atoms with E-state index in [4.69, 9.17) is 4.74 Å². The van der Waals surface area contributed by atoms with Gasteiger partial charge in [-0.15, -0.1) is 0 Å². The minimum atomic E-state index is -0.568. The summed E-state index contributed by atoms with van der Waals surface area (Å²) in [4.78, 5) is 24.1. The van der Waals surface area contributed by atoms with Crippen LogP contribution in [-0.4, -0.2) is 31.0 Å². The zero-order valence-electron chi connectivity index (χ0n) is 15.7. The molecule has 0 aliphatic heterocycles. The molecule has 0 spiro atoms. The fraction of sp³-hybridized carbons (Fsp3) is 0.500. The maximum atomic E-state index is 12.1. The second-order valence-electron chi connectivity index (χ2n) is 6.24. The molecule has 0 bridgehead atoms. The van der Waals surface area contributed by atoms with Gasteiger partial charge in [0, 0.05) is 12.1 Å². The van der Waals surface area contributed by atoms with Crippen molar-refractivity contribution >= 4 is 17.9 Å². The first-order valence-corrected chi connectivity index (χ1v) is 8.89. The zero-order chi connectivity index (χ0) is 18.7. The number of nitrogens with one attached hydrogen (secondary N) is 2. The van der Waals surface area contributed by atoms with Gasteiger partial charge >= 0.3 is 0 Å². The van der Waals surface area contributed by atoms with E-state index in [1.54, 1.807) is 20.1 Å². The number of amides is 2. The van der Waals surface area contributed by atoms with Crippen LogP contribution < -0.4 is 15.4 Å². The molecule has 2 atom stereocenters. The molecule has 1 aromatic carbocycles. The Hall–Kier alpha value is -2.30. The molecule has 0 radical (unpaired) electrons.